The molecule has 1 aromatic heterocycles. The van der Waals surface area contributed by atoms with E-state index >= 15 is 0 Å². The van der Waals surface area contributed by atoms with Gasteiger partial charge in [0.15, 0.2) is 5.82 Å². The quantitative estimate of drug-likeness (QED) is 0.473. The summed E-state index contributed by atoms with van der Waals surface area (Å²) in [5.74, 6) is 1.44. The molecule has 0 aliphatic carbocycles. The lowest BCUT2D eigenvalue weighted by Crippen LogP contribution is -2.09. The number of rotatable bonds is 5. The predicted octanol–water partition coefficient (Wildman–Crippen LogP) is 3.50. The minimum atomic E-state index is 0.674. The van der Waals surface area contributed by atoms with E-state index in [1.165, 1.54) is 0 Å². The van der Waals surface area contributed by atoms with Crippen molar-refractivity contribution in [3.05, 3.63) is 67.0 Å². The fraction of sp³-hybridized carbons (Fsp3) is 0.143. The number of para-hydroxylation sites is 2. The third-order valence-electron chi connectivity index (χ3n) is 4.77. The van der Waals surface area contributed by atoms with Gasteiger partial charge < -0.3 is 9.30 Å². The van der Waals surface area contributed by atoms with E-state index in [2.05, 4.69) is 19.9 Å². The Balaban J connectivity index is 1.42. The summed E-state index contributed by atoms with van der Waals surface area (Å²) in [5.41, 5.74) is 4.55. The molecule has 7 heteroatoms. The summed E-state index contributed by atoms with van der Waals surface area (Å²) in [6.07, 6.45) is 4.03. The van der Waals surface area contributed by atoms with Gasteiger partial charge in [0, 0.05) is 18.9 Å². The van der Waals surface area contributed by atoms with Crippen molar-refractivity contribution in [2.45, 2.75) is 13.1 Å². The third kappa shape index (κ3) is 2.87. The molecule has 0 bridgehead atoms. The fourth-order valence-corrected chi connectivity index (χ4v) is 3.33. The van der Waals surface area contributed by atoms with Crippen LogP contribution < -0.4 is 4.74 Å². The SMILES string of the molecule is COc1ccccc1-c1nc2ccn(CCn3nnc4ccccc43)cc-2n1. The normalized spacial score (nSPS) is 11.3. The van der Waals surface area contributed by atoms with Crippen molar-refractivity contribution in [3.8, 4) is 28.5 Å². The van der Waals surface area contributed by atoms with Crippen LogP contribution in [0.25, 0.3) is 33.8 Å². The second-order valence-electron chi connectivity index (χ2n) is 6.50. The molecule has 138 valence electrons. The zero-order chi connectivity index (χ0) is 18.9. The van der Waals surface area contributed by atoms with Crippen LogP contribution in [0.2, 0.25) is 0 Å². The van der Waals surface area contributed by atoms with Gasteiger partial charge in [-0.3, -0.25) is 0 Å². The zero-order valence-electron chi connectivity index (χ0n) is 15.4. The Labute approximate surface area is 161 Å². The van der Waals surface area contributed by atoms with Crippen LogP contribution >= 0.6 is 0 Å². The van der Waals surface area contributed by atoms with Gasteiger partial charge in [0.2, 0.25) is 0 Å². The van der Waals surface area contributed by atoms with Gasteiger partial charge in [-0.1, -0.05) is 29.5 Å². The monoisotopic (exact) mass is 370 g/mol. The Kier molecular flexibility index (Phi) is 3.97. The lowest BCUT2D eigenvalue weighted by molar-refractivity contribution is 0.416. The summed E-state index contributed by atoms with van der Waals surface area (Å²) in [7, 11) is 1.66. The Morgan fingerprint density at radius 2 is 1.71 bits per heavy atom. The number of aromatic nitrogens is 6. The molecule has 2 aliphatic rings. The Morgan fingerprint density at radius 1 is 0.893 bits per heavy atom. The van der Waals surface area contributed by atoms with Crippen LogP contribution in [0.1, 0.15) is 0 Å². The standard InChI is InChI=1S/C21H18N6O/c1-28-20-9-5-2-6-15(20)21-22-16-10-11-26(14-18(16)23-21)12-13-27-19-8-4-3-7-17(19)24-25-27/h2-11,14H,12-13H2,1H3. The Hall–Kier alpha value is -3.74. The summed E-state index contributed by atoms with van der Waals surface area (Å²) >= 11 is 0. The molecule has 0 atom stereocenters. The van der Waals surface area contributed by atoms with Gasteiger partial charge in [0.1, 0.15) is 17.0 Å². The molecule has 0 saturated carbocycles. The average molecular weight is 370 g/mol. The highest BCUT2D eigenvalue weighted by atomic mass is 16.5. The Bertz CT molecular complexity index is 1220. The molecular weight excluding hydrogens is 352 g/mol. The third-order valence-corrected chi connectivity index (χ3v) is 4.77. The van der Waals surface area contributed by atoms with Crippen LogP contribution in [0.3, 0.4) is 0 Å². The Morgan fingerprint density at radius 3 is 2.64 bits per heavy atom. The molecule has 0 spiro atoms. The molecule has 0 N–H and O–H groups in total. The van der Waals surface area contributed by atoms with Crippen molar-refractivity contribution in [2.24, 2.45) is 0 Å². The summed E-state index contributed by atoms with van der Waals surface area (Å²) in [4.78, 5) is 9.35. The number of methoxy groups -OCH3 is 1. The zero-order valence-corrected chi connectivity index (χ0v) is 15.4. The van der Waals surface area contributed by atoms with Gasteiger partial charge in [-0.25, -0.2) is 14.6 Å². The van der Waals surface area contributed by atoms with Gasteiger partial charge in [-0.2, -0.15) is 0 Å². The van der Waals surface area contributed by atoms with Gasteiger partial charge >= 0.3 is 0 Å². The van der Waals surface area contributed by atoms with Crippen LogP contribution in [-0.4, -0.2) is 36.6 Å². The molecule has 0 saturated heterocycles. The number of nitrogens with zero attached hydrogens (tertiary/aromatic N) is 6. The van der Waals surface area contributed by atoms with Crippen LogP contribution in [0.5, 0.6) is 5.75 Å². The molecule has 3 aromatic rings. The van der Waals surface area contributed by atoms with Gasteiger partial charge in [0.05, 0.1) is 30.4 Å². The van der Waals surface area contributed by atoms with Crippen molar-refractivity contribution in [3.63, 3.8) is 0 Å². The first-order valence-corrected chi connectivity index (χ1v) is 9.07. The number of imidazole rings is 1. The number of benzene rings is 2. The minimum Gasteiger partial charge on any atom is -0.496 e. The van der Waals surface area contributed by atoms with Gasteiger partial charge in [-0.05, 0) is 30.3 Å². The summed E-state index contributed by atoms with van der Waals surface area (Å²) in [6, 6.07) is 17.7. The molecule has 0 unspecified atom stereocenters. The number of pyridine rings is 1. The van der Waals surface area contributed by atoms with E-state index in [1.54, 1.807) is 7.11 Å². The molecular formula is C21H18N6O. The number of hydrogen-bond acceptors (Lipinski definition) is 5. The van der Waals surface area contributed by atoms with Crippen LogP contribution in [-0.2, 0) is 13.1 Å². The number of aryl methyl sites for hydroxylation is 2. The van der Waals surface area contributed by atoms with E-state index in [0.717, 1.165) is 46.8 Å². The largest absolute Gasteiger partial charge is 0.496 e. The van der Waals surface area contributed by atoms with Crippen LogP contribution in [0.15, 0.2) is 67.0 Å². The number of hydrogen-bond donors (Lipinski definition) is 0. The van der Waals surface area contributed by atoms with Crippen molar-refractivity contribution in [1.82, 2.24) is 29.5 Å². The lowest BCUT2D eigenvalue weighted by Gasteiger charge is -2.08. The van der Waals surface area contributed by atoms with Gasteiger partial charge in [-0.15, -0.1) is 5.10 Å². The minimum absolute atomic E-state index is 0.674. The number of ether oxygens (including phenoxy) is 1. The van der Waals surface area contributed by atoms with E-state index in [-0.39, 0.29) is 0 Å². The van der Waals surface area contributed by atoms with E-state index in [9.17, 15) is 0 Å². The van der Waals surface area contributed by atoms with Crippen molar-refractivity contribution in [1.29, 1.82) is 0 Å². The van der Waals surface area contributed by atoms with Crippen molar-refractivity contribution in [2.75, 3.05) is 7.11 Å². The highest BCUT2D eigenvalue weighted by Gasteiger charge is 2.15. The first-order valence-electron chi connectivity index (χ1n) is 9.07. The van der Waals surface area contributed by atoms with E-state index in [4.69, 9.17) is 9.72 Å². The first kappa shape index (κ1) is 16.4. The first-order chi connectivity index (χ1) is 13.8. The molecule has 3 heterocycles. The summed E-state index contributed by atoms with van der Waals surface area (Å²) in [6.45, 7) is 1.49. The molecule has 0 fully saturated rings. The van der Waals surface area contributed by atoms with Crippen LogP contribution in [0.4, 0.5) is 0 Å². The molecule has 5 rings (SSSR count). The van der Waals surface area contributed by atoms with Crippen molar-refractivity contribution >= 4 is 11.0 Å². The maximum absolute atomic E-state index is 5.43. The summed E-state index contributed by atoms with van der Waals surface area (Å²) < 4.78 is 9.45. The highest BCUT2D eigenvalue weighted by molar-refractivity contribution is 5.73. The maximum atomic E-state index is 5.43. The van der Waals surface area contributed by atoms with E-state index in [0.29, 0.717) is 5.82 Å². The molecule has 0 amide bonds. The average Bonchev–Trinajstić information content (AvgIpc) is 3.36. The van der Waals surface area contributed by atoms with E-state index in [1.807, 2.05) is 71.7 Å². The van der Waals surface area contributed by atoms with Gasteiger partial charge in [0.25, 0.3) is 0 Å². The maximum Gasteiger partial charge on any atom is 0.164 e. The predicted molar refractivity (Wildman–Crippen MR) is 106 cm³/mol. The smallest absolute Gasteiger partial charge is 0.164 e. The lowest BCUT2D eigenvalue weighted by atomic mass is 10.2. The molecule has 0 radical (unpaired) electrons. The number of fused-ring (bicyclic) bond motifs is 2. The highest BCUT2D eigenvalue weighted by Crippen LogP contribution is 2.30. The fourth-order valence-electron chi connectivity index (χ4n) is 3.33. The summed E-state index contributed by atoms with van der Waals surface area (Å²) in [5, 5.41) is 8.45. The second-order valence-corrected chi connectivity index (χ2v) is 6.50. The second kappa shape index (κ2) is 6.77. The molecule has 2 aromatic carbocycles. The van der Waals surface area contributed by atoms with Crippen LogP contribution in [0, 0.1) is 0 Å². The molecule has 28 heavy (non-hydrogen) atoms. The topological polar surface area (TPSA) is 70.7 Å². The molecule has 7 nitrogen and oxygen atoms in total. The van der Waals surface area contributed by atoms with Crippen molar-refractivity contribution < 1.29 is 4.74 Å². The molecule has 2 aliphatic heterocycles. The van der Waals surface area contributed by atoms with E-state index < -0.39 is 0 Å².